The van der Waals surface area contributed by atoms with E-state index in [4.69, 9.17) is 11.6 Å². The number of nitrogens with zero attached hydrogens (tertiary/aromatic N) is 1. The molecule has 0 amide bonds. The van der Waals surface area contributed by atoms with E-state index in [2.05, 4.69) is 5.43 Å². The first kappa shape index (κ1) is 7.15. The molecule has 0 unspecified atom stereocenters. The minimum Gasteiger partial charge on any atom is -0.306 e. The van der Waals surface area contributed by atoms with Gasteiger partial charge in [0.2, 0.25) is 5.24 Å². The van der Waals surface area contributed by atoms with Crippen molar-refractivity contribution in [3.8, 4) is 0 Å². The molecule has 1 heterocycles. The monoisotopic (exact) mass is 158 g/mol. The van der Waals surface area contributed by atoms with E-state index in [9.17, 15) is 4.79 Å². The maximum atomic E-state index is 10.3. The average molecular weight is 159 g/mol. The topological polar surface area (TPSA) is 32.3 Å². The molecule has 3 nitrogen and oxygen atoms in total. The Labute approximate surface area is 63.9 Å². The van der Waals surface area contributed by atoms with Crippen molar-refractivity contribution in [2.75, 3.05) is 6.54 Å². The largest absolute Gasteiger partial charge is 0.306 e. The van der Waals surface area contributed by atoms with Crippen molar-refractivity contribution in [1.82, 2.24) is 10.4 Å². The first-order valence-corrected chi connectivity index (χ1v) is 3.21. The van der Waals surface area contributed by atoms with Crippen LogP contribution in [-0.4, -0.2) is 16.8 Å². The van der Waals surface area contributed by atoms with Crippen molar-refractivity contribution in [3.05, 3.63) is 24.6 Å². The summed E-state index contributed by atoms with van der Waals surface area (Å²) in [5, 5.41) is 1.21. The fourth-order valence-corrected chi connectivity index (χ4v) is 0.752. The zero-order valence-corrected chi connectivity index (χ0v) is 6.01. The van der Waals surface area contributed by atoms with Crippen molar-refractivity contribution in [2.24, 2.45) is 0 Å². The molecule has 1 rings (SSSR count). The first-order chi connectivity index (χ1) is 4.79. The lowest BCUT2D eigenvalue weighted by molar-refractivity contribution is -0.112. The average Bonchev–Trinajstić information content (AvgIpc) is 1.88. The van der Waals surface area contributed by atoms with Crippen LogP contribution < -0.4 is 5.43 Å². The van der Waals surface area contributed by atoms with Crippen molar-refractivity contribution in [1.29, 1.82) is 0 Å². The van der Waals surface area contributed by atoms with Crippen LogP contribution >= 0.6 is 11.6 Å². The molecule has 1 aliphatic heterocycles. The van der Waals surface area contributed by atoms with Gasteiger partial charge >= 0.3 is 0 Å². The van der Waals surface area contributed by atoms with Crippen molar-refractivity contribution >= 4 is 16.8 Å². The molecule has 0 fully saturated rings. The highest BCUT2D eigenvalue weighted by Gasteiger charge is 2.02. The van der Waals surface area contributed by atoms with E-state index < -0.39 is 0 Å². The Morgan fingerprint density at radius 3 is 2.90 bits per heavy atom. The third-order valence-electron chi connectivity index (χ3n) is 1.01. The summed E-state index contributed by atoms with van der Waals surface area (Å²) >= 11 is 5.13. The Morgan fingerprint density at radius 1 is 1.60 bits per heavy atom. The number of carbonyl (C=O) groups is 1. The molecular formula is C6H7ClN2O. The third kappa shape index (κ3) is 2.11. The molecular weight excluding hydrogens is 152 g/mol. The van der Waals surface area contributed by atoms with Crippen LogP contribution in [0.1, 0.15) is 0 Å². The third-order valence-corrected chi connectivity index (χ3v) is 1.13. The summed E-state index contributed by atoms with van der Waals surface area (Å²) in [5.74, 6) is 0. The standard InChI is InChI=1S/C6H7ClN2O/c7-6(10)5-9-4-2-1-3-8-9/h1-4,8H,5H2. The minimum atomic E-state index is -0.382. The van der Waals surface area contributed by atoms with Crippen molar-refractivity contribution < 1.29 is 4.79 Å². The lowest BCUT2D eigenvalue weighted by Gasteiger charge is -2.19. The van der Waals surface area contributed by atoms with E-state index in [0.717, 1.165) is 0 Å². The van der Waals surface area contributed by atoms with E-state index in [1.165, 1.54) is 0 Å². The molecule has 0 saturated carbocycles. The molecule has 0 bridgehead atoms. The molecule has 0 aromatic heterocycles. The summed E-state index contributed by atoms with van der Waals surface area (Å²) in [6.07, 6.45) is 7.10. The lowest BCUT2D eigenvalue weighted by Crippen LogP contribution is -2.33. The second-order valence-corrected chi connectivity index (χ2v) is 2.23. The maximum Gasteiger partial charge on any atom is 0.243 e. The molecule has 0 atom stereocenters. The summed E-state index contributed by atoms with van der Waals surface area (Å²) in [7, 11) is 0. The Balaban J connectivity index is 2.37. The number of hydrogen-bond acceptors (Lipinski definition) is 3. The van der Waals surface area contributed by atoms with Gasteiger partial charge in [-0.2, -0.15) is 0 Å². The number of hydrogen-bond donors (Lipinski definition) is 1. The number of nitrogens with one attached hydrogen (secondary N) is 1. The SMILES string of the molecule is O=C(Cl)CN1C=CC=CN1. The molecule has 1 N–H and O–H groups in total. The number of hydrazine groups is 1. The highest BCUT2D eigenvalue weighted by Crippen LogP contribution is 1.93. The maximum absolute atomic E-state index is 10.3. The Hall–Kier alpha value is -0.960. The molecule has 10 heavy (non-hydrogen) atoms. The summed E-state index contributed by atoms with van der Waals surface area (Å²) in [5.41, 5.74) is 2.81. The summed E-state index contributed by atoms with van der Waals surface area (Å²) in [4.78, 5) is 10.3. The fraction of sp³-hybridized carbons (Fsp3) is 0.167. The van der Waals surface area contributed by atoms with Crippen molar-refractivity contribution in [2.45, 2.75) is 0 Å². The zero-order chi connectivity index (χ0) is 7.40. The van der Waals surface area contributed by atoms with Gasteiger partial charge in [-0.25, -0.2) is 0 Å². The van der Waals surface area contributed by atoms with E-state index in [1.807, 2.05) is 12.2 Å². The van der Waals surface area contributed by atoms with Crippen LogP contribution in [-0.2, 0) is 4.79 Å². The molecule has 54 valence electrons. The van der Waals surface area contributed by atoms with Gasteiger partial charge in [0.15, 0.2) is 0 Å². The molecule has 0 aliphatic carbocycles. The van der Waals surface area contributed by atoms with Crippen molar-refractivity contribution in [3.63, 3.8) is 0 Å². The fourth-order valence-electron chi connectivity index (χ4n) is 0.623. The molecule has 0 aromatic carbocycles. The molecule has 0 radical (unpaired) electrons. The van der Waals surface area contributed by atoms with Gasteiger partial charge in [0.05, 0.1) is 0 Å². The van der Waals surface area contributed by atoms with E-state index in [-0.39, 0.29) is 11.8 Å². The highest BCUT2D eigenvalue weighted by molar-refractivity contribution is 6.64. The zero-order valence-electron chi connectivity index (χ0n) is 5.25. The van der Waals surface area contributed by atoms with Gasteiger partial charge in [-0.3, -0.25) is 9.80 Å². The normalized spacial score (nSPS) is 15.1. The van der Waals surface area contributed by atoms with Gasteiger partial charge in [-0.05, 0) is 23.8 Å². The van der Waals surface area contributed by atoms with Crippen LogP contribution in [0.4, 0.5) is 0 Å². The predicted molar refractivity (Wildman–Crippen MR) is 39.0 cm³/mol. The van der Waals surface area contributed by atoms with Gasteiger partial charge in [-0.1, -0.05) is 0 Å². The van der Waals surface area contributed by atoms with Gasteiger partial charge in [0, 0.05) is 12.4 Å². The minimum absolute atomic E-state index is 0.183. The highest BCUT2D eigenvalue weighted by atomic mass is 35.5. The van der Waals surface area contributed by atoms with Crippen LogP contribution in [0, 0.1) is 0 Å². The van der Waals surface area contributed by atoms with Crippen LogP contribution in [0.15, 0.2) is 24.6 Å². The van der Waals surface area contributed by atoms with Gasteiger partial charge < -0.3 is 5.43 Å². The summed E-state index contributed by atoms with van der Waals surface area (Å²) in [6.45, 7) is 0.183. The number of carbonyl (C=O) groups excluding carboxylic acids is 1. The van der Waals surface area contributed by atoms with Gasteiger partial charge in [0.1, 0.15) is 6.54 Å². The Kier molecular flexibility index (Phi) is 2.34. The van der Waals surface area contributed by atoms with Crippen LogP contribution in [0.25, 0.3) is 0 Å². The first-order valence-electron chi connectivity index (χ1n) is 2.83. The summed E-state index contributed by atoms with van der Waals surface area (Å²) in [6, 6.07) is 0. The van der Waals surface area contributed by atoms with E-state index >= 15 is 0 Å². The molecule has 0 aromatic rings. The summed E-state index contributed by atoms with van der Waals surface area (Å²) < 4.78 is 0. The Morgan fingerprint density at radius 2 is 2.40 bits per heavy atom. The quantitative estimate of drug-likeness (QED) is 0.598. The van der Waals surface area contributed by atoms with Crippen LogP contribution in [0.2, 0.25) is 0 Å². The van der Waals surface area contributed by atoms with E-state index in [1.54, 1.807) is 17.4 Å². The second-order valence-electron chi connectivity index (χ2n) is 1.81. The van der Waals surface area contributed by atoms with E-state index in [0.29, 0.717) is 0 Å². The lowest BCUT2D eigenvalue weighted by atomic mass is 10.5. The molecule has 0 spiro atoms. The number of halogens is 1. The second kappa shape index (κ2) is 3.27. The van der Waals surface area contributed by atoms with Crippen LogP contribution in [0.5, 0.6) is 0 Å². The smallest absolute Gasteiger partial charge is 0.243 e. The number of allylic oxidation sites excluding steroid dienone is 2. The molecule has 4 heteroatoms. The predicted octanol–water partition coefficient (Wildman–Crippen LogP) is 0.599. The molecule has 0 saturated heterocycles. The van der Waals surface area contributed by atoms with Gasteiger partial charge in [0.25, 0.3) is 0 Å². The Bertz CT molecular complexity index is 188. The van der Waals surface area contributed by atoms with Crippen LogP contribution in [0.3, 0.4) is 0 Å². The van der Waals surface area contributed by atoms with Gasteiger partial charge in [-0.15, -0.1) is 0 Å². The number of rotatable bonds is 2. The molecule has 1 aliphatic rings.